The van der Waals surface area contributed by atoms with Gasteiger partial charge in [-0.25, -0.2) is 4.98 Å². The topological polar surface area (TPSA) is 75.6 Å². The van der Waals surface area contributed by atoms with Crippen LogP contribution in [-0.2, 0) is 11.2 Å². The van der Waals surface area contributed by atoms with E-state index in [9.17, 15) is 9.59 Å². The van der Waals surface area contributed by atoms with Gasteiger partial charge in [0.25, 0.3) is 5.91 Å². The summed E-state index contributed by atoms with van der Waals surface area (Å²) in [7, 11) is 0. The Hall–Kier alpha value is -3.74. The maximum absolute atomic E-state index is 13.6. The second-order valence-electron chi connectivity index (χ2n) is 7.86. The van der Waals surface area contributed by atoms with Crippen molar-refractivity contribution in [2.75, 3.05) is 26.2 Å². The van der Waals surface area contributed by atoms with Crippen molar-refractivity contribution >= 4 is 11.8 Å². The molecule has 3 heterocycles. The third kappa shape index (κ3) is 4.87. The molecule has 1 atom stereocenters. The van der Waals surface area contributed by atoms with Crippen molar-refractivity contribution < 1.29 is 14.3 Å². The average molecular weight is 445 g/mol. The summed E-state index contributed by atoms with van der Waals surface area (Å²) in [5.74, 6) is 0.0352. The van der Waals surface area contributed by atoms with Gasteiger partial charge in [-0.05, 0) is 54.8 Å². The molecule has 1 aliphatic heterocycles. The lowest BCUT2D eigenvalue weighted by Gasteiger charge is -2.40. The molecule has 1 aromatic carbocycles. The lowest BCUT2D eigenvalue weighted by atomic mass is 9.97. The number of ether oxygens (including phenoxy) is 1. The van der Waals surface area contributed by atoms with Crippen LogP contribution in [-0.4, -0.2) is 63.9 Å². The van der Waals surface area contributed by atoms with Crippen molar-refractivity contribution in [2.45, 2.75) is 26.3 Å². The Kier molecular flexibility index (Phi) is 6.98. The zero-order valence-electron chi connectivity index (χ0n) is 19.0. The minimum Gasteiger partial charge on any atom is -0.477 e. The molecule has 0 radical (unpaired) electrons. The molecular formula is C26H28N4O3. The quantitative estimate of drug-likeness (QED) is 0.558. The fraction of sp³-hybridized carbons (Fsp3) is 0.308. The maximum Gasteiger partial charge on any atom is 0.260 e. The number of amides is 2. The fourth-order valence-corrected chi connectivity index (χ4v) is 4.20. The molecule has 1 fully saturated rings. The van der Waals surface area contributed by atoms with E-state index in [1.165, 1.54) is 0 Å². The molecule has 0 unspecified atom stereocenters. The Labute approximate surface area is 194 Å². The Bertz CT molecular complexity index is 1120. The molecule has 1 saturated heterocycles. The first kappa shape index (κ1) is 22.5. The van der Waals surface area contributed by atoms with Crippen molar-refractivity contribution in [3.63, 3.8) is 0 Å². The molecule has 0 N–H and O–H groups in total. The fourth-order valence-electron chi connectivity index (χ4n) is 4.20. The highest BCUT2D eigenvalue weighted by Gasteiger charge is 2.38. The van der Waals surface area contributed by atoms with Gasteiger partial charge in [-0.3, -0.25) is 14.6 Å². The van der Waals surface area contributed by atoms with E-state index in [2.05, 4.69) is 16.0 Å². The van der Waals surface area contributed by atoms with E-state index < -0.39 is 6.04 Å². The number of piperazine rings is 1. The molecule has 0 aliphatic carbocycles. The van der Waals surface area contributed by atoms with Gasteiger partial charge < -0.3 is 14.5 Å². The second-order valence-corrected chi connectivity index (χ2v) is 7.86. The summed E-state index contributed by atoms with van der Waals surface area (Å²) in [5.41, 5.74) is 3.48. The van der Waals surface area contributed by atoms with Crippen molar-refractivity contribution in [2.24, 2.45) is 0 Å². The highest BCUT2D eigenvalue weighted by atomic mass is 16.5. The summed E-state index contributed by atoms with van der Waals surface area (Å²) in [6, 6.07) is 14.8. The Balaban J connectivity index is 1.65. The SMILES string of the molecule is CCOc1ncccc1C(=O)N1CCN(CC)C(=O)[C@H]1Cc1cccc(-c2ccncc2)c1. The third-order valence-corrected chi connectivity index (χ3v) is 5.88. The molecule has 2 aromatic heterocycles. The molecule has 0 spiro atoms. The Morgan fingerprint density at radius 3 is 2.61 bits per heavy atom. The number of hydrogen-bond donors (Lipinski definition) is 0. The van der Waals surface area contributed by atoms with Gasteiger partial charge in [0.1, 0.15) is 11.6 Å². The molecule has 3 aromatic rings. The number of pyridine rings is 2. The van der Waals surface area contributed by atoms with E-state index in [4.69, 9.17) is 4.74 Å². The van der Waals surface area contributed by atoms with Gasteiger partial charge in [-0.15, -0.1) is 0 Å². The molecular weight excluding hydrogens is 416 g/mol. The molecule has 0 bridgehead atoms. The number of benzene rings is 1. The van der Waals surface area contributed by atoms with Gasteiger partial charge in [0.15, 0.2) is 0 Å². The van der Waals surface area contributed by atoms with Crippen LogP contribution in [0.2, 0.25) is 0 Å². The first-order valence-electron chi connectivity index (χ1n) is 11.3. The van der Waals surface area contributed by atoms with Crippen molar-refractivity contribution in [1.29, 1.82) is 0 Å². The standard InChI is InChI=1S/C26H28N4O3/c1-3-29-15-16-30(25(31)22-9-6-12-28-24(22)33-4-2)23(26(29)32)18-19-7-5-8-21(17-19)20-10-13-27-14-11-20/h5-14,17,23H,3-4,15-16,18H2,1-2H3/t23-/m1/s1. The lowest BCUT2D eigenvalue weighted by Crippen LogP contribution is -2.59. The van der Waals surface area contributed by atoms with Crippen molar-refractivity contribution in [3.8, 4) is 17.0 Å². The van der Waals surface area contributed by atoms with E-state index in [0.717, 1.165) is 16.7 Å². The zero-order valence-corrected chi connectivity index (χ0v) is 19.0. The summed E-state index contributed by atoms with van der Waals surface area (Å²) in [4.78, 5) is 38.7. The number of hydrogen-bond acceptors (Lipinski definition) is 5. The van der Waals surface area contributed by atoms with E-state index in [1.807, 2.05) is 49.1 Å². The second kappa shape index (κ2) is 10.3. The first-order valence-corrected chi connectivity index (χ1v) is 11.3. The van der Waals surface area contributed by atoms with Crippen LogP contribution in [0.1, 0.15) is 29.8 Å². The molecule has 4 rings (SSSR count). The molecule has 170 valence electrons. The number of rotatable bonds is 7. The Morgan fingerprint density at radius 2 is 1.85 bits per heavy atom. The average Bonchev–Trinajstić information content (AvgIpc) is 2.86. The van der Waals surface area contributed by atoms with Crippen LogP contribution in [0.4, 0.5) is 0 Å². The van der Waals surface area contributed by atoms with Gasteiger partial charge in [0.2, 0.25) is 11.8 Å². The molecule has 2 amide bonds. The normalized spacial score (nSPS) is 16.1. The summed E-state index contributed by atoms with van der Waals surface area (Å²) in [6.07, 6.45) is 5.56. The van der Waals surface area contributed by atoms with Crippen LogP contribution in [0.15, 0.2) is 67.1 Å². The number of nitrogens with zero attached hydrogens (tertiary/aromatic N) is 4. The van der Waals surface area contributed by atoms with Crippen molar-refractivity contribution in [1.82, 2.24) is 19.8 Å². The van der Waals surface area contributed by atoms with E-state index in [-0.39, 0.29) is 11.8 Å². The number of likely N-dealkylation sites (N-methyl/N-ethyl adjacent to an activating group) is 1. The van der Waals surface area contributed by atoms with Crippen LogP contribution in [0.3, 0.4) is 0 Å². The summed E-state index contributed by atoms with van der Waals surface area (Å²) < 4.78 is 5.58. The molecule has 7 nitrogen and oxygen atoms in total. The third-order valence-electron chi connectivity index (χ3n) is 5.88. The summed E-state index contributed by atoms with van der Waals surface area (Å²) in [6.45, 7) is 5.82. The number of carbonyl (C=O) groups is 2. The highest BCUT2D eigenvalue weighted by molar-refractivity contribution is 6.00. The largest absolute Gasteiger partial charge is 0.477 e. The smallest absolute Gasteiger partial charge is 0.260 e. The number of carbonyl (C=O) groups excluding carboxylic acids is 2. The van der Waals surface area contributed by atoms with Gasteiger partial charge in [0.05, 0.1) is 6.61 Å². The summed E-state index contributed by atoms with van der Waals surface area (Å²) >= 11 is 0. The monoisotopic (exact) mass is 444 g/mol. The lowest BCUT2D eigenvalue weighted by molar-refractivity contribution is -0.139. The van der Waals surface area contributed by atoms with Crippen LogP contribution >= 0.6 is 0 Å². The molecule has 1 aliphatic rings. The van der Waals surface area contributed by atoms with Crippen LogP contribution in [0, 0.1) is 0 Å². The maximum atomic E-state index is 13.6. The predicted molar refractivity (Wildman–Crippen MR) is 126 cm³/mol. The highest BCUT2D eigenvalue weighted by Crippen LogP contribution is 2.25. The van der Waals surface area contributed by atoms with Crippen LogP contribution in [0.5, 0.6) is 5.88 Å². The predicted octanol–water partition coefficient (Wildman–Crippen LogP) is 3.46. The van der Waals surface area contributed by atoms with Gasteiger partial charge in [-0.1, -0.05) is 24.3 Å². The zero-order chi connectivity index (χ0) is 23.2. The van der Waals surface area contributed by atoms with Crippen LogP contribution < -0.4 is 4.74 Å². The molecule has 0 saturated carbocycles. The van der Waals surface area contributed by atoms with Crippen molar-refractivity contribution in [3.05, 3.63) is 78.2 Å². The molecule has 33 heavy (non-hydrogen) atoms. The van der Waals surface area contributed by atoms with Gasteiger partial charge >= 0.3 is 0 Å². The number of aromatic nitrogens is 2. The first-order chi connectivity index (χ1) is 16.1. The minimum atomic E-state index is -0.589. The van der Waals surface area contributed by atoms with E-state index in [1.54, 1.807) is 35.6 Å². The van der Waals surface area contributed by atoms with Crippen LogP contribution in [0.25, 0.3) is 11.1 Å². The molecule has 7 heteroatoms. The minimum absolute atomic E-state index is 0.0340. The van der Waals surface area contributed by atoms with Gasteiger partial charge in [-0.2, -0.15) is 0 Å². The Morgan fingerprint density at radius 1 is 1.03 bits per heavy atom. The van der Waals surface area contributed by atoms with E-state index >= 15 is 0 Å². The van der Waals surface area contributed by atoms with Gasteiger partial charge in [0, 0.05) is 44.6 Å². The summed E-state index contributed by atoms with van der Waals surface area (Å²) in [5, 5.41) is 0. The van der Waals surface area contributed by atoms with E-state index in [0.29, 0.717) is 44.1 Å².